The molecule has 0 nitrogen and oxygen atoms in total. The molecule has 100 valence electrons. The van der Waals surface area contributed by atoms with Crippen LogP contribution in [0.2, 0.25) is 0 Å². The second-order valence-corrected chi connectivity index (χ2v) is 5.46. The predicted molar refractivity (Wildman–Crippen MR) is 84.7 cm³/mol. The number of rotatable bonds is 4. The van der Waals surface area contributed by atoms with Gasteiger partial charge in [-0.15, -0.1) is 0 Å². The Morgan fingerprint density at radius 2 is 1.58 bits per heavy atom. The molecule has 0 N–H and O–H groups in total. The van der Waals surface area contributed by atoms with Crippen molar-refractivity contribution in [3.63, 3.8) is 0 Å². The van der Waals surface area contributed by atoms with Crippen LogP contribution in [0, 0.1) is 20.8 Å². The van der Waals surface area contributed by atoms with Crippen LogP contribution >= 0.6 is 0 Å². The van der Waals surface area contributed by atoms with Crippen molar-refractivity contribution in [1.29, 1.82) is 0 Å². The van der Waals surface area contributed by atoms with Gasteiger partial charge in [0, 0.05) is 0 Å². The normalized spacial score (nSPS) is 10.7. The largest absolute Gasteiger partial charge is 0.0654 e. The van der Waals surface area contributed by atoms with Crippen LogP contribution in [0.15, 0.2) is 36.4 Å². The molecule has 0 aliphatic rings. The van der Waals surface area contributed by atoms with Crippen LogP contribution in [-0.2, 0) is 6.42 Å². The zero-order valence-corrected chi connectivity index (χ0v) is 12.6. The van der Waals surface area contributed by atoms with Gasteiger partial charge in [0.2, 0.25) is 0 Å². The van der Waals surface area contributed by atoms with Crippen LogP contribution < -0.4 is 0 Å². The van der Waals surface area contributed by atoms with Gasteiger partial charge in [-0.05, 0) is 67.0 Å². The van der Waals surface area contributed by atoms with Crippen LogP contribution in [0.5, 0.6) is 0 Å². The van der Waals surface area contributed by atoms with Gasteiger partial charge in [0.1, 0.15) is 0 Å². The Hall–Kier alpha value is -1.56. The highest BCUT2D eigenvalue weighted by Crippen LogP contribution is 2.32. The van der Waals surface area contributed by atoms with Crippen molar-refractivity contribution in [2.24, 2.45) is 0 Å². The van der Waals surface area contributed by atoms with Crippen LogP contribution in [0.25, 0.3) is 11.1 Å². The second-order valence-electron chi connectivity index (χ2n) is 5.46. The van der Waals surface area contributed by atoms with E-state index in [0.717, 1.165) is 0 Å². The number of benzene rings is 2. The van der Waals surface area contributed by atoms with E-state index in [1.807, 2.05) is 0 Å². The summed E-state index contributed by atoms with van der Waals surface area (Å²) in [6.07, 6.45) is 3.73. The molecule has 0 radical (unpaired) electrons. The molecule has 0 bridgehead atoms. The average Bonchev–Trinajstić information content (AvgIpc) is 2.40. The van der Waals surface area contributed by atoms with Crippen molar-refractivity contribution in [2.75, 3.05) is 0 Å². The summed E-state index contributed by atoms with van der Waals surface area (Å²) in [6.45, 7) is 8.96. The Morgan fingerprint density at radius 1 is 0.842 bits per heavy atom. The average molecular weight is 252 g/mol. The molecule has 0 aliphatic heterocycles. The molecule has 2 rings (SSSR count). The van der Waals surface area contributed by atoms with Crippen LogP contribution in [0.1, 0.15) is 42.0 Å². The third kappa shape index (κ3) is 2.89. The molecular formula is C19H24. The molecule has 2 aromatic rings. The van der Waals surface area contributed by atoms with Crippen LogP contribution in [0.4, 0.5) is 0 Å². The van der Waals surface area contributed by atoms with E-state index >= 15 is 0 Å². The van der Waals surface area contributed by atoms with Gasteiger partial charge in [0.25, 0.3) is 0 Å². The van der Waals surface area contributed by atoms with E-state index in [1.165, 1.54) is 52.6 Å². The minimum atomic E-state index is 1.20. The Bertz CT molecular complexity index is 564. The second kappa shape index (κ2) is 6.06. The molecule has 0 atom stereocenters. The fourth-order valence-electron chi connectivity index (χ4n) is 2.80. The molecule has 19 heavy (non-hydrogen) atoms. The molecule has 0 heterocycles. The summed E-state index contributed by atoms with van der Waals surface area (Å²) >= 11 is 0. The first-order chi connectivity index (χ1) is 9.15. The lowest BCUT2D eigenvalue weighted by molar-refractivity contribution is 0.791. The Kier molecular flexibility index (Phi) is 4.42. The summed E-state index contributed by atoms with van der Waals surface area (Å²) in [5.74, 6) is 0. The highest BCUT2D eigenvalue weighted by Gasteiger charge is 2.10. The maximum Gasteiger partial charge on any atom is -0.0120 e. The molecule has 0 heteroatoms. The Morgan fingerprint density at radius 3 is 2.26 bits per heavy atom. The highest BCUT2D eigenvalue weighted by molar-refractivity contribution is 5.74. The fourth-order valence-corrected chi connectivity index (χ4v) is 2.80. The predicted octanol–water partition coefficient (Wildman–Crippen LogP) is 5.62. The molecule has 0 unspecified atom stereocenters. The van der Waals surface area contributed by atoms with Gasteiger partial charge in [-0.2, -0.15) is 0 Å². The smallest absolute Gasteiger partial charge is 0.0120 e. The standard InChI is InChI=1S/C19H24/c1-5-6-10-17-13-12-15(3)19(16(17)4)18-11-8-7-9-14(18)2/h7-9,11-13H,5-6,10H2,1-4H3. The van der Waals surface area contributed by atoms with Gasteiger partial charge in [0.05, 0.1) is 0 Å². The van der Waals surface area contributed by atoms with E-state index in [1.54, 1.807) is 0 Å². The molecule has 0 saturated carbocycles. The fraction of sp³-hybridized carbons (Fsp3) is 0.368. The topological polar surface area (TPSA) is 0 Å². The van der Waals surface area contributed by atoms with Crippen molar-refractivity contribution >= 4 is 0 Å². The summed E-state index contributed by atoms with van der Waals surface area (Å²) in [6, 6.07) is 13.3. The van der Waals surface area contributed by atoms with Crippen molar-refractivity contribution in [3.8, 4) is 11.1 Å². The van der Waals surface area contributed by atoms with Gasteiger partial charge in [-0.3, -0.25) is 0 Å². The summed E-state index contributed by atoms with van der Waals surface area (Å²) < 4.78 is 0. The molecular weight excluding hydrogens is 228 g/mol. The number of aryl methyl sites for hydroxylation is 3. The summed E-state index contributed by atoms with van der Waals surface area (Å²) in [5, 5.41) is 0. The maximum absolute atomic E-state index is 2.31. The number of unbranched alkanes of at least 4 members (excludes halogenated alkanes) is 1. The van der Waals surface area contributed by atoms with Crippen molar-refractivity contribution in [2.45, 2.75) is 47.0 Å². The van der Waals surface area contributed by atoms with Crippen LogP contribution in [0.3, 0.4) is 0 Å². The summed E-state index contributed by atoms with van der Waals surface area (Å²) in [4.78, 5) is 0. The van der Waals surface area contributed by atoms with Crippen LogP contribution in [-0.4, -0.2) is 0 Å². The molecule has 0 aromatic heterocycles. The number of hydrogen-bond donors (Lipinski definition) is 0. The van der Waals surface area contributed by atoms with E-state index in [-0.39, 0.29) is 0 Å². The Labute approximate surface area is 117 Å². The number of hydrogen-bond acceptors (Lipinski definition) is 0. The first kappa shape index (κ1) is 13.9. The summed E-state index contributed by atoms with van der Waals surface area (Å²) in [7, 11) is 0. The lowest BCUT2D eigenvalue weighted by Gasteiger charge is -2.16. The molecule has 2 aromatic carbocycles. The SMILES string of the molecule is CCCCc1ccc(C)c(-c2ccccc2C)c1C. The van der Waals surface area contributed by atoms with Crippen molar-refractivity contribution < 1.29 is 0 Å². The van der Waals surface area contributed by atoms with E-state index in [0.29, 0.717) is 0 Å². The molecule has 0 spiro atoms. The third-order valence-electron chi connectivity index (χ3n) is 4.00. The van der Waals surface area contributed by atoms with E-state index in [2.05, 4.69) is 64.1 Å². The molecule has 0 fully saturated rings. The zero-order valence-electron chi connectivity index (χ0n) is 12.6. The minimum Gasteiger partial charge on any atom is -0.0654 e. The summed E-state index contributed by atoms with van der Waals surface area (Å²) in [5.41, 5.74) is 8.53. The lowest BCUT2D eigenvalue weighted by atomic mass is 9.88. The van der Waals surface area contributed by atoms with Gasteiger partial charge in [-0.1, -0.05) is 49.7 Å². The minimum absolute atomic E-state index is 1.20. The van der Waals surface area contributed by atoms with Gasteiger partial charge in [-0.25, -0.2) is 0 Å². The Balaban J connectivity index is 2.53. The zero-order chi connectivity index (χ0) is 13.8. The first-order valence-electron chi connectivity index (χ1n) is 7.30. The van der Waals surface area contributed by atoms with E-state index in [4.69, 9.17) is 0 Å². The molecule has 0 aliphatic carbocycles. The van der Waals surface area contributed by atoms with E-state index in [9.17, 15) is 0 Å². The lowest BCUT2D eigenvalue weighted by Crippen LogP contribution is -1.97. The van der Waals surface area contributed by atoms with Gasteiger partial charge in [0.15, 0.2) is 0 Å². The first-order valence-corrected chi connectivity index (χ1v) is 7.30. The van der Waals surface area contributed by atoms with Crippen molar-refractivity contribution in [1.82, 2.24) is 0 Å². The van der Waals surface area contributed by atoms with Crippen molar-refractivity contribution in [3.05, 3.63) is 58.7 Å². The van der Waals surface area contributed by atoms with E-state index < -0.39 is 0 Å². The van der Waals surface area contributed by atoms with Gasteiger partial charge >= 0.3 is 0 Å². The maximum atomic E-state index is 2.31. The quantitative estimate of drug-likeness (QED) is 0.662. The van der Waals surface area contributed by atoms with Gasteiger partial charge < -0.3 is 0 Å². The third-order valence-corrected chi connectivity index (χ3v) is 4.00. The monoisotopic (exact) mass is 252 g/mol. The molecule has 0 amide bonds. The molecule has 0 saturated heterocycles. The highest BCUT2D eigenvalue weighted by atomic mass is 14.2.